The Hall–Kier alpha value is -0.330. The number of carbonyl (C=O) groups is 1. The fourth-order valence-electron chi connectivity index (χ4n) is 5.26. The number of fused-ring (bicyclic) bond motifs is 9. The summed E-state index contributed by atoms with van der Waals surface area (Å²) in [6, 6.07) is 0. The van der Waals surface area contributed by atoms with Crippen LogP contribution in [0.5, 0.6) is 0 Å². The van der Waals surface area contributed by atoms with E-state index in [1.165, 1.54) is 32.1 Å². The van der Waals surface area contributed by atoms with Gasteiger partial charge in [-0.05, 0) is 55.8 Å². The van der Waals surface area contributed by atoms with Gasteiger partial charge in [-0.15, -0.1) is 0 Å². The third-order valence-corrected chi connectivity index (χ3v) is 5.50. The monoisotopic (exact) mass is 176 g/mol. The summed E-state index contributed by atoms with van der Waals surface area (Å²) in [6.07, 6.45) is 6.86. The number of Topliss-reactive ketones (excluding diaryl/α,β-unsaturated/α-hetero) is 1. The van der Waals surface area contributed by atoms with Gasteiger partial charge >= 0.3 is 0 Å². The highest BCUT2D eigenvalue weighted by Gasteiger charge is 2.63. The molecule has 4 aliphatic rings. The van der Waals surface area contributed by atoms with Gasteiger partial charge in [0.1, 0.15) is 5.78 Å². The van der Waals surface area contributed by atoms with Crippen molar-refractivity contribution in [2.24, 2.45) is 35.5 Å². The minimum Gasteiger partial charge on any atom is -0.299 e. The first-order chi connectivity index (χ1) is 6.36. The molecule has 1 heteroatoms. The molecule has 1 nitrogen and oxygen atoms in total. The van der Waals surface area contributed by atoms with Crippen LogP contribution in [-0.2, 0) is 4.79 Å². The predicted octanol–water partition coefficient (Wildman–Crippen LogP) is 2.26. The van der Waals surface area contributed by atoms with Gasteiger partial charge in [0, 0.05) is 11.8 Å². The van der Waals surface area contributed by atoms with E-state index < -0.39 is 0 Å². The van der Waals surface area contributed by atoms with Gasteiger partial charge < -0.3 is 0 Å². The normalized spacial score (nSPS) is 62.0. The summed E-state index contributed by atoms with van der Waals surface area (Å²) in [5.74, 6) is 5.40. The molecule has 6 atom stereocenters. The number of hydrogen-bond donors (Lipinski definition) is 0. The van der Waals surface area contributed by atoms with Gasteiger partial charge in [-0.1, -0.05) is 0 Å². The van der Waals surface area contributed by atoms with Crippen LogP contribution in [-0.4, -0.2) is 5.78 Å². The predicted molar refractivity (Wildman–Crippen MR) is 49.0 cm³/mol. The molecule has 0 N–H and O–H groups in total. The minimum absolute atomic E-state index is 0.533. The summed E-state index contributed by atoms with van der Waals surface area (Å²) >= 11 is 0. The van der Waals surface area contributed by atoms with E-state index >= 15 is 0 Å². The lowest BCUT2D eigenvalue weighted by molar-refractivity contribution is -0.122. The van der Waals surface area contributed by atoms with Crippen LogP contribution in [0.1, 0.15) is 32.1 Å². The van der Waals surface area contributed by atoms with Crippen LogP contribution in [0.4, 0.5) is 0 Å². The smallest absolute Gasteiger partial charge is 0.139 e. The molecule has 4 saturated carbocycles. The Morgan fingerprint density at radius 3 is 1.92 bits per heavy atom. The molecule has 0 amide bonds. The molecular weight excluding hydrogens is 160 g/mol. The van der Waals surface area contributed by atoms with E-state index in [1.54, 1.807) is 0 Å². The molecule has 13 heavy (non-hydrogen) atoms. The lowest BCUT2D eigenvalue weighted by Gasteiger charge is -2.33. The molecule has 70 valence electrons. The zero-order chi connectivity index (χ0) is 8.58. The molecular formula is C12H16O. The summed E-state index contributed by atoms with van der Waals surface area (Å²) in [4.78, 5) is 11.9. The van der Waals surface area contributed by atoms with Crippen molar-refractivity contribution in [1.82, 2.24) is 0 Å². The van der Waals surface area contributed by atoms with E-state index in [-0.39, 0.29) is 0 Å². The number of ketones is 1. The van der Waals surface area contributed by atoms with Crippen molar-refractivity contribution in [2.45, 2.75) is 32.1 Å². The molecule has 0 spiro atoms. The van der Waals surface area contributed by atoms with Crippen LogP contribution in [0.3, 0.4) is 0 Å². The third-order valence-electron chi connectivity index (χ3n) is 5.50. The highest BCUT2D eigenvalue weighted by molar-refractivity contribution is 5.88. The van der Waals surface area contributed by atoms with Crippen molar-refractivity contribution in [1.29, 1.82) is 0 Å². The first-order valence-electron chi connectivity index (χ1n) is 5.90. The molecule has 0 aromatic heterocycles. The molecule has 0 aliphatic heterocycles. The largest absolute Gasteiger partial charge is 0.299 e. The second-order valence-electron chi connectivity index (χ2n) is 5.68. The molecule has 0 saturated heterocycles. The average molecular weight is 176 g/mol. The van der Waals surface area contributed by atoms with Gasteiger partial charge in [-0.25, -0.2) is 0 Å². The van der Waals surface area contributed by atoms with Crippen LogP contribution in [0.15, 0.2) is 0 Å². The Labute approximate surface area is 78.9 Å². The summed E-state index contributed by atoms with van der Waals surface area (Å²) in [5.41, 5.74) is 0. The first-order valence-corrected chi connectivity index (χ1v) is 5.90. The van der Waals surface area contributed by atoms with Gasteiger partial charge in [-0.3, -0.25) is 4.79 Å². The van der Waals surface area contributed by atoms with Crippen LogP contribution in [0.25, 0.3) is 0 Å². The number of rotatable bonds is 0. The van der Waals surface area contributed by atoms with Gasteiger partial charge in [-0.2, -0.15) is 0 Å². The Morgan fingerprint density at radius 2 is 1.38 bits per heavy atom. The van der Waals surface area contributed by atoms with Gasteiger partial charge in [0.05, 0.1) is 0 Å². The fourth-order valence-corrected chi connectivity index (χ4v) is 5.26. The van der Waals surface area contributed by atoms with Crippen molar-refractivity contribution in [3.05, 3.63) is 0 Å². The van der Waals surface area contributed by atoms with Crippen LogP contribution >= 0.6 is 0 Å². The molecule has 4 bridgehead atoms. The van der Waals surface area contributed by atoms with Crippen molar-refractivity contribution < 1.29 is 4.79 Å². The molecule has 4 fully saturated rings. The maximum Gasteiger partial charge on any atom is 0.139 e. The molecule has 4 aliphatic carbocycles. The SMILES string of the molecule is O=C1[C@H]2CC[C@@H]1[C@H]1[C@H]3CC[C@H](C3)[C@H]12. The van der Waals surface area contributed by atoms with Gasteiger partial charge in [0.25, 0.3) is 0 Å². The summed E-state index contributed by atoms with van der Waals surface area (Å²) in [5, 5.41) is 0. The van der Waals surface area contributed by atoms with E-state index in [4.69, 9.17) is 0 Å². The van der Waals surface area contributed by atoms with Crippen molar-refractivity contribution in [2.75, 3.05) is 0 Å². The number of carbonyl (C=O) groups excluding carboxylic acids is 1. The van der Waals surface area contributed by atoms with E-state index in [0.717, 1.165) is 23.7 Å². The minimum atomic E-state index is 0.533. The zero-order valence-electron chi connectivity index (χ0n) is 7.91. The Bertz CT molecular complexity index is 257. The molecule has 0 unspecified atom stereocenters. The Kier molecular flexibility index (Phi) is 1.09. The molecule has 0 heterocycles. The lowest BCUT2D eigenvalue weighted by atomic mass is 9.71. The summed E-state index contributed by atoms with van der Waals surface area (Å²) in [6.45, 7) is 0. The lowest BCUT2D eigenvalue weighted by Crippen LogP contribution is -2.27. The van der Waals surface area contributed by atoms with E-state index in [1.807, 2.05) is 0 Å². The Balaban J connectivity index is 1.81. The fraction of sp³-hybridized carbons (Fsp3) is 0.917. The third kappa shape index (κ3) is 0.628. The quantitative estimate of drug-likeness (QED) is 0.517. The second kappa shape index (κ2) is 2.02. The first kappa shape index (κ1) is 7.03. The van der Waals surface area contributed by atoms with Crippen LogP contribution in [0, 0.1) is 35.5 Å². The van der Waals surface area contributed by atoms with Crippen molar-refractivity contribution in [3.63, 3.8) is 0 Å². The maximum absolute atomic E-state index is 11.9. The Morgan fingerprint density at radius 1 is 0.846 bits per heavy atom. The van der Waals surface area contributed by atoms with E-state index in [9.17, 15) is 4.79 Å². The second-order valence-corrected chi connectivity index (χ2v) is 5.68. The van der Waals surface area contributed by atoms with E-state index in [2.05, 4.69) is 0 Å². The highest BCUT2D eigenvalue weighted by Crippen LogP contribution is 2.65. The average Bonchev–Trinajstić information content (AvgIpc) is 2.84. The molecule has 0 aromatic rings. The van der Waals surface area contributed by atoms with Gasteiger partial charge in [0.2, 0.25) is 0 Å². The zero-order valence-corrected chi connectivity index (χ0v) is 7.91. The maximum atomic E-state index is 11.9. The number of hydrogen-bond acceptors (Lipinski definition) is 1. The summed E-state index contributed by atoms with van der Waals surface area (Å²) in [7, 11) is 0. The van der Waals surface area contributed by atoms with Crippen LogP contribution in [0.2, 0.25) is 0 Å². The molecule has 0 aromatic carbocycles. The topological polar surface area (TPSA) is 17.1 Å². The standard InChI is InChI=1S/C12H16O/c13-12-8-3-4-9(12)11-7-2-1-6(5-7)10(8)11/h6-11H,1-5H2/t6-,7+,8+,9-,10+,11-. The van der Waals surface area contributed by atoms with Gasteiger partial charge in [0.15, 0.2) is 0 Å². The van der Waals surface area contributed by atoms with Crippen LogP contribution < -0.4 is 0 Å². The summed E-state index contributed by atoms with van der Waals surface area (Å²) < 4.78 is 0. The van der Waals surface area contributed by atoms with Crippen molar-refractivity contribution in [3.8, 4) is 0 Å². The molecule has 4 rings (SSSR count). The van der Waals surface area contributed by atoms with Crippen molar-refractivity contribution >= 4 is 5.78 Å². The highest BCUT2D eigenvalue weighted by atomic mass is 16.1. The molecule has 0 radical (unpaired) electrons. The van der Waals surface area contributed by atoms with E-state index in [0.29, 0.717) is 17.6 Å².